The third-order valence-corrected chi connectivity index (χ3v) is 3.38. The van der Waals surface area contributed by atoms with Gasteiger partial charge in [0.25, 0.3) is 0 Å². The minimum atomic E-state index is -0.348. The molecule has 1 aromatic heterocycles. The SMILES string of the molecule is COc1ccc(CNC(=O)C(C)n2cc(Br)cn2)cc1. The van der Waals surface area contributed by atoms with Crippen LogP contribution < -0.4 is 10.1 Å². The van der Waals surface area contributed by atoms with E-state index in [-0.39, 0.29) is 11.9 Å². The number of hydrogen-bond donors (Lipinski definition) is 1. The molecule has 1 unspecified atom stereocenters. The Bertz CT molecular complexity index is 580. The fraction of sp³-hybridized carbons (Fsp3) is 0.286. The summed E-state index contributed by atoms with van der Waals surface area (Å²) in [6, 6.07) is 7.24. The molecule has 5 nitrogen and oxygen atoms in total. The number of hydrogen-bond acceptors (Lipinski definition) is 3. The summed E-state index contributed by atoms with van der Waals surface area (Å²) in [4.78, 5) is 12.0. The second-order valence-electron chi connectivity index (χ2n) is 4.38. The minimum Gasteiger partial charge on any atom is -0.497 e. The summed E-state index contributed by atoms with van der Waals surface area (Å²) in [5, 5.41) is 6.99. The van der Waals surface area contributed by atoms with Gasteiger partial charge in [0, 0.05) is 12.7 Å². The van der Waals surface area contributed by atoms with Crippen molar-refractivity contribution in [3.63, 3.8) is 0 Å². The van der Waals surface area contributed by atoms with Crippen LogP contribution in [0.25, 0.3) is 0 Å². The van der Waals surface area contributed by atoms with Crippen LogP contribution in [-0.4, -0.2) is 22.8 Å². The number of nitrogens with zero attached hydrogens (tertiary/aromatic N) is 2. The van der Waals surface area contributed by atoms with E-state index in [1.807, 2.05) is 31.2 Å². The monoisotopic (exact) mass is 337 g/mol. The third-order valence-electron chi connectivity index (χ3n) is 2.97. The van der Waals surface area contributed by atoms with Crippen LogP contribution in [-0.2, 0) is 11.3 Å². The summed E-state index contributed by atoms with van der Waals surface area (Å²) >= 11 is 3.31. The lowest BCUT2D eigenvalue weighted by molar-refractivity contribution is -0.124. The number of halogens is 1. The van der Waals surface area contributed by atoms with Gasteiger partial charge in [0.15, 0.2) is 0 Å². The van der Waals surface area contributed by atoms with Crippen molar-refractivity contribution in [1.82, 2.24) is 15.1 Å². The van der Waals surface area contributed by atoms with Gasteiger partial charge in [0.05, 0.1) is 17.8 Å². The Morgan fingerprint density at radius 1 is 1.45 bits per heavy atom. The zero-order valence-electron chi connectivity index (χ0n) is 11.3. The molecule has 0 aliphatic rings. The first-order valence-corrected chi connectivity index (χ1v) is 6.99. The van der Waals surface area contributed by atoms with E-state index < -0.39 is 0 Å². The number of carbonyl (C=O) groups excluding carboxylic acids is 1. The highest BCUT2D eigenvalue weighted by Gasteiger charge is 2.15. The number of carbonyl (C=O) groups is 1. The number of methoxy groups -OCH3 is 1. The molecular weight excluding hydrogens is 322 g/mol. The highest BCUT2D eigenvalue weighted by atomic mass is 79.9. The molecule has 0 aliphatic carbocycles. The first-order chi connectivity index (χ1) is 9.60. The number of rotatable bonds is 5. The Morgan fingerprint density at radius 2 is 2.15 bits per heavy atom. The van der Waals surface area contributed by atoms with Crippen LogP contribution >= 0.6 is 15.9 Å². The summed E-state index contributed by atoms with van der Waals surface area (Å²) in [7, 11) is 1.63. The van der Waals surface area contributed by atoms with Gasteiger partial charge >= 0.3 is 0 Å². The molecule has 1 heterocycles. The number of aromatic nitrogens is 2. The van der Waals surface area contributed by atoms with Crippen molar-refractivity contribution in [1.29, 1.82) is 0 Å². The smallest absolute Gasteiger partial charge is 0.244 e. The number of amides is 1. The first-order valence-electron chi connectivity index (χ1n) is 6.20. The fourth-order valence-corrected chi connectivity index (χ4v) is 2.03. The molecule has 0 bridgehead atoms. The molecule has 2 rings (SSSR count). The van der Waals surface area contributed by atoms with Gasteiger partial charge in [-0.05, 0) is 40.5 Å². The van der Waals surface area contributed by atoms with Crippen LogP contribution in [0.15, 0.2) is 41.1 Å². The first kappa shape index (κ1) is 14.6. The molecule has 1 aromatic carbocycles. The van der Waals surface area contributed by atoms with Gasteiger partial charge in [0.2, 0.25) is 5.91 Å². The largest absolute Gasteiger partial charge is 0.497 e. The van der Waals surface area contributed by atoms with Crippen LogP contribution in [0.2, 0.25) is 0 Å². The second kappa shape index (κ2) is 6.56. The van der Waals surface area contributed by atoms with Crippen LogP contribution in [0, 0.1) is 0 Å². The zero-order valence-corrected chi connectivity index (χ0v) is 12.9. The molecule has 0 saturated heterocycles. The summed E-state index contributed by atoms with van der Waals surface area (Å²) in [6.45, 7) is 2.29. The fourth-order valence-electron chi connectivity index (χ4n) is 1.73. The molecule has 1 amide bonds. The molecule has 1 atom stereocenters. The van der Waals surface area contributed by atoms with E-state index in [2.05, 4.69) is 26.3 Å². The highest BCUT2D eigenvalue weighted by Crippen LogP contribution is 2.13. The average molecular weight is 338 g/mol. The van der Waals surface area contributed by atoms with E-state index in [9.17, 15) is 4.79 Å². The Hall–Kier alpha value is -1.82. The Balaban J connectivity index is 1.91. The lowest BCUT2D eigenvalue weighted by Gasteiger charge is -2.12. The molecule has 0 radical (unpaired) electrons. The zero-order chi connectivity index (χ0) is 14.5. The van der Waals surface area contributed by atoms with Crippen LogP contribution in [0.5, 0.6) is 5.75 Å². The standard InChI is InChI=1S/C14H16BrN3O2/c1-10(18-9-12(15)8-17-18)14(19)16-7-11-3-5-13(20-2)6-4-11/h3-6,8-10H,7H2,1-2H3,(H,16,19). The van der Waals surface area contributed by atoms with Gasteiger partial charge in [-0.1, -0.05) is 12.1 Å². The summed E-state index contributed by atoms with van der Waals surface area (Å²) in [5.74, 6) is 0.728. The number of nitrogens with one attached hydrogen (secondary N) is 1. The van der Waals surface area contributed by atoms with Crippen LogP contribution in [0.3, 0.4) is 0 Å². The molecule has 0 aliphatic heterocycles. The molecule has 1 N–H and O–H groups in total. The van der Waals surface area contributed by atoms with E-state index >= 15 is 0 Å². The van der Waals surface area contributed by atoms with E-state index in [1.54, 1.807) is 24.2 Å². The van der Waals surface area contributed by atoms with Crippen molar-refractivity contribution >= 4 is 21.8 Å². The maximum absolute atomic E-state index is 12.0. The Morgan fingerprint density at radius 3 is 2.70 bits per heavy atom. The van der Waals surface area contributed by atoms with E-state index in [4.69, 9.17) is 4.74 Å². The maximum atomic E-state index is 12.0. The van der Waals surface area contributed by atoms with Gasteiger partial charge < -0.3 is 10.1 Å². The summed E-state index contributed by atoms with van der Waals surface area (Å²) in [6.07, 6.45) is 3.44. The van der Waals surface area contributed by atoms with Crippen LogP contribution in [0.4, 0.5) is 0 Å². The molecule has 0 fully saturated rings. The number of benzene rings is 1. The lowest BCUT2D eigenvalue weighted by Crippen LogP contribution is -2.30. The van der Waals surface area contributed by atoms with E-state index in [0.29, 0.717) is 6.54 Å². The Labute approximate surface area is 126 Å². The quantitative estimate of drug-likeness (QED) is 0.912. The van der Waals surface area contributed by atoms with Gasteiger partial charge in [-0.15, -0.1) is 0 Å². The van der Waals surface area contributed by atoms with Crippen LogP contribution in [0.1, 0.15) is 18.5 Å². The molecule has 0 spiro atoms. The minimum absolute atomic E-state index is 0.0728. The summed E-state index contributed by atoms with van der Waals surface area (Å²) in [5.41, 5.74) is 1.02. The molecular formula is C14H16BrN3O2. The second-order valence-corrected chi connectivity index (χ2v) is 5.30. The predicted molar refractivity (Wildman–Crippen MR) is 79.5 cm³/mol. The van der Waals surface area contributed by atoms with Gasteiger partial charge in [-0.3, -0.25) is 9.48 Å². The normalized spacial score (nSPS) is 11.9. The maximum Gasteiger partial charge on any atom is 0.244 e. The predicted octanol–water partition coefficient (Wildman–Crippen LogP) is 2.53. The lowest BCUT2D eigenvalue weighted by atomic mass is 10.2. The molecule has 20 heavy (non-hydrogen) atoms. The van der Waals surface area contributed by atoms with E-state index in [1.165, 1.54) is 0 Å². The average Bonchev–Trinajstić information content (AvgIpc) is 2.91. The topological polar surface area (TPSA) is 56.1 Å². The summed E-state index contributed by atoms with van der Waals surface area (Å²) < 4.78 is 7.56. The van der Waals surface area contributed by atoms with Crippen molar-refractivity contribution in [2.75, 3.05) is 7.11 Å². The van der Waals surface area contributed by atoms with Crippen molar-refractivity contribution in [3.8, 4) is 5.75 Å². The van der Waals surface area contributed by atoms with Crippen molar-refractivity contribution in [3.05, 3.63) is 46.7 Å². The van der Waals surface area contributed by atoms with Crippen molar-refractivity contribution < 1.29 is 9.53 Å². The van der Waals surface area contributed by atoms with Gasteiger partial charge in [-0.2, -0.15) is 5.10 Å². The van der Waals surface area contributed by atoms with Crippen molar-refractivity contribution in [2.45, 2.75) is 19.5 Å². The number of ether oxygens (including phenoxy) is 1. The molecule has 6 heteroatoms. The van der Waals surface area contributed by atoms with E-state index in [0.717, 1.165) is 15.8 Å². The van der Waals surface area contributed by atoms with Crippen molar-refractivity contribution in [2.24, 2.45) is 0 Å². The Kier molecular flexibility index (Phi) is 4.79. The molecule has 106 valence electrons. The van der Waals surface area contributed by atoms with Gasteiger partial charge in [0.1, 0.15) is 11.8 Å². The third kappa shape index (κ3) is 3.60. The highest BCUT2D eigenvalue weighted by molar-refractivity contribution is 9.10. The molecule has 2 aromatic rings. The molecule has 0 saturated carbocycles. The van der Waals surface area contributed by atoms with Gasteiger partial charge in [-0.25, -0.2) is 0 Å².